The third-order valence-corrected chi connectivity index (χ3v) is 4.47. The second-order valence-electron chi connectivity index (χ2n) is 7.42. The molecule has 0 bridgehead atoms. The summed E-state index contributed by atoms with van der Waals surface area (Å²) in [5.74, 6) is -0.208. The smallest absolute Gasteiger partial charge is 0.253 e. The summed E-state index contributed by atoms with van der Waals surface area (Å²) in [4.78, 5) is 38.8. The molecule has 3 amide bonds. The predicted molar refractivity (Wildman–Crippen MR) is 117 cm³/mol. The van der Waals surface area contributed by atoms with Gasteiger partial charge in [0.25, 0.3) is 11.8 Å². The number of carbonyl (C=O) groups excluding carboxylic acids is 3. The van der Waals surface area contributed by atoms with Gasteiger partial charge in [-0.3, -0.25) is 14.4 Å². The van der Waals surface area contributed by atoms with Crippen molar-refractivity contribution < 1.29 is 19.1 Å². The molecule has 0 fully saturated rings. The fourth-order valence-electron chi connectivity index (χ4n) is 2.80. The summed E-state index contributed by atoms with van der Waals surface area (Å²) < 4.78 is 5.38. The van der Waals surface area contributed by atoms with Crippen molar-refractivity contribution in [3.63, 3.8) is 0 Å². The van der Waals surface area contributed by atoms with Gasteiger partial charge in [0.15, 0.2) is 0 Å². The second-order valence-corrected chi connectivity index (χ2v) is 7.42. The van der Waals surface area contributed by atoms with E-state index in [1.54, 1.807) is 62.6 Å². The maximum atomic E-state index is 12.8. The van der Waals surface area contributed by atoms with E-state index in [1.165, 1.54) is 4.90 Å². The van der Waals surface area contributed by atoms with Crippen LogP contribution in [0.2, 0.25) is 0 Å². The molecule has 0 heterocycles. The Morgan fingerprint density at radius 1 is 0.933 bits per heavy atom. The van der Waals surface area contributed by atoms with E-state index < -0.39 is 6.04 Å². The molecule has 0 aliphatic carbocycles. The summed E-state index contributed by atoms with van der Waals surface area (Å²) >= 11 is 0. The number of carbonyl (C=O) groups is 3. The molecule has 7 heteroatoms. The van der Waals surface area contributed by atoms with Gasteiger partial charge in [-0.1, -0.05) is 13.8 Å². The number of nitrogens with one attached hydrogen (secondary N) is 2. The van der Waals surface area contributed by atoms with Crippen molar-refractivity contribution in [2.75, 3.05) is 26.0 Å². The molecule has 160 valence electrons. The zero-order valence-corrected chi connectivity index (χ0v) is 18.1. The summed E-state index contributed by atoms with van der Waals surface area (Å²) in [6, 6.07) is 12.7. The Balaban J connectivity index is 2.05. The summed E-state index contributed by atoms with van der Waals surface area (Å²) in [6.07, 6.45) is 0. The largest absolute Gasteiger partial charge is 0.494 e. The van der Waals surface area contributed by atoms with Gasteiger partial charge in [-0.15, -0.1) is 0 Å². The second kappa shape index (κ2) is 10.4. The minimum atomic E-state index is -0.716. The van der Waals surface area contributed by atoms with Crippen molar-refractivity contribution in [2.45, 2.75) is 26.8 Å². The van der Waals surface area contributed by atoms with Crippen molar-refractivity contribution in [3.8, 4) is 5.75 Å². The van der Waals surface area contributed by atoms with Gasteiger partial charge < -0.3 is 20.3 Å². The Kier molecular flexibility index (Phi) is 7.98. The number of amides is 3. The topological polar surface area (TPSA) is 87.7 Å². The van der Waals surface area contributed by atoms with Gasteiger partial charge in [0.2, 0.25) is 5.91 Å². The number of rotatable bonds is 8. The van der Waals surface area contributed by atoms with Crippen LogP contribution < -0.4 is 15.4 Å². The third-order valence-electron chi connectivity index (χ3n) is 4.47. The highest BCUT2D eigenvalue weighted by Gasteiger charge is 2.25. The van der Waals surface area contributed by atoms with Crippen LogP contribution in [0, 0.1) is 5.92 Å². The number of anilines is 1. The molecule has 2 rings (SSSR count). The minimum absolute atomic E-state index is 0.115. The van der Waals surface area contributed by atoms with E-state index in [0.717, 1.165) is 0 Å². The number of hydrogen-bond donors (Lipinski definition) is 2. The van der Waals surface area contributed by atoms with Gasteiger partial charge in [0, 0.05) is 30.9 Å². The van der Waals surface area contributed by atoms with Gasteiger partial charge in [0.05, 0.1) is 6.61 Å². The quantitative estimate of drug-likeness (QED) is 0.698. The van der Waals surface area contributed by atoms with Crippen molar-refractivity contribution in [3.05, 3.63) is 59.7 Å². The van der Waals surface area contributed by atoms with Crippen LogP contribution in [-0.2, 0) is 4.79 Å². The molecule has 1 atom stereocenters. The Morgan fingerprint density at radius 2 is 1.50 bits per heavy atom. The average Bonchev–Trinajstić information content (AvgIpc) is 2.72. The first-order valence-corrected chi connectivity index (χ1v) is 9.89. The summed E-state index contributed by atoms with van der Waals surface area (Å²) in [5, 5.41) is 5.60. The molecule has 7 nitrogen and oxygen atoms in total. The molecular formula is C23H29N3O4. The molecular weight excluding hydrogens is 382 g/mol. The standard InChI is InChI=1S/C23H29N3O4/c1-6-30-19-13-9-16(10-14-19)21(27)25-20(15(2)3)22(28)24-18-11-7-17(8-12-18)23(29)26(4)5/h7-15,20H,6H2,1-5H3,(H,24,28)(H,25,27)/t20-/m0/s1. The molecule has 0 saturated heterocycles. The number of ether oxygens (including phenoxy) is 1. The zero-order chi connectivity index (χ0) is 22.3. The van der Waals surface area contributed by atoms with Crippen LogP contribution in [0.15, 0.2) is 48.5 Å². The van der Waals surface area contributed by atoms with Gasteiger partial charge >= 0.3 is 0 Å². The molecule has 0 saturated carbocycles. The lowest BCUT2D eigenvalue weighted by Crippen LogP contribution is -2.47. The van der Waals surface area contributed by atoms with E-state index in [9.17, 15) is 14.4 Å². The Labute approximate surface area is 177 Å². The monoisotopic (exact) mass is 411 g/mol. The third kappa shape index (κ3) is 6.07. The van der Waals surface area contributed by atoms with E-state index in [0.29, 0.717) is 29.2 Å². The lowest BCUT2D eigenvalue weighted by molar-refractivity contribution is -0.118. The van der Waals surface area contributed by atoms with Crippen LogP contribution in [0.5, 0.6) is 5.75 Å². The minimum Gasteiger partial charge on any atom is -0.494 e. The van der Waals surface area contributed by atoms with E-state index in [1.807, 2.05) is 20.8 Å². The first-order valence-electron chi connectivity index (χ1n) is 9.89. The van der Waals surface area contributed by atoms with Gasteiger partial charge in [-0.2, -0.15) is 0 Å². The molecule has 30 heavy (non-hydrogen) atoms. The highest BCUT2D eigenvalue weighted by Crippen LogP contribution is 2.15. The lowest BCUT2D eigenvalue weighted by atomic mass is 10.0. The van der Waals surface area contributed by atoms with Gasteiger partial charge in [0.1, 0.15) is 11.8 Å². The molecule has 0 spiro atoms. The van der Waals surface area contributed by atoms with Crippen LogP contribution in [0.4, 0.5) is 5.69 Å². The Morgan fingerprint density at radius 3 is 2.00 bits per heavy atom. The molecule has 0 unspecified atom stereocenters. The van der Waals surface area contributed by atoms with E-state index in [2.05, 4.69) is 10.6 Å². The SMILES string of the molecule is CCOc1ccc(C(=O)N[C@H](C(=O)Nc2ccc(C(=O)N(C)C)cc2)C(C)C)cc1. The number of benzene rings is 2. The van der Waals surface area contributed by atoms with Crippen LogP contribution in [-0.4, -0.2) is 49.4 Å². The van der Waals surface area contributed by atoms with Crippen LogP contribution in [0.1, 0.15) is 41.5 Å². The van der Waals surface area contributed by atoms with Crippen molar-refractivity contribution in [1.82, 2.24) is 10.2 Å². The summed E-state index contributed by atoms with van der Waals surface area (Å²) in [6.45, 7) is 6.16. The summed E-state index contributed by atoms with van der Waals surface area (Å²) in [5.41, 5.74) is 1.53. The van der Waals surface area contributed by atoms with Gasteiger partial charge in [-0.25, -0.2) is 0 Å². The number of hydrogen-bond acceptors (Lipinski definition) is 4. The first kappa shape index (κ1) is 22.9. The van der Waals surface area contributed by atoms with E-state index in [-0.39, 0.29) is 23.6 Å². The van der Waals surface area contributed by atoms with Crippen LogP contribution >= 0.6 is 0 Å². The van der Waals surface area contributed by atoms with E-state index >= 15 is 0 Å². The molecule has 2 aromatic rings. The Hall–Kier alpha value is -3.35. The first-order chi connectivity index (χ1) is 14.2. The fraction of sp³-hybridized carbons (Fsp3) is 0.348. The molecule has 0 aromatic heterocycles. The highest BCUT2D eigenvalue weighted by atomic mass is 16.5. The molecule has 2 aromatic carbocycles. The zero-order valence-electron chi connectivity index (χ0n) is 18.1. The molecule has 0 radical (unpaired) electrons. The molecule has 0 aliphatic heterocycles. The lowest BCUT2D eigenvalue weighted by Gasteiger charge is -2.22. The summed E-state index contributed by atoms with van der Waals surface area (Å²) in [7, 11) is 3.36. The van der Waals surface area contributed by atoms with Crippen LogP contribution in [0.3, 0.4) is 0 Å². The van der Waals surface area contributed by atoms with Crippen molar-refractivity contribution in [1.29, 1.82) is 0 Å². The maximum absolute atomic E-state index is 12.8. The van der Waals surface area contributed by atoms with Crippen LogP contribution in [0.25, 0.3) is 0 Å². The van der Waals surface area contributed by atoms with Gasteiger partial charge in [-0.05, 0) is 61.4 Å². The highest BCUT2D eigenvalue weighted by molar-refractivity contribution is 6.01. The average molecular weight is 412 g/mol. The van der Waals surface area contributed by atoms with Crippen molar-refractivity contribution in [2.24, 2.45) is 5.92 Å². The number of nitrogens with zero attached hydrogens (tertiary/aromatic N) is 1. The molecule has 2 N–H and O–H groups in total. The fourth-order valence-corrected chi connectivity index (χ4v) is 2.80. The van der Waals surface area contributed by atoms with Crippen molar-refractivity contribution >= 4 is 23.4 Å². The normalized spacial score (nSPS) is 11.5. The van der Waals surface area contributed by atoms with E-state index in [4.69, 9.17) is 4.74 Å². The Bertz CT molecular complexity index is 874. The molecule has 0 aliphatic rings. The predicted octanol–water partition coefficient (Wildman–Crippen LogP) is 3.18. The maximum Gasteiger partial charge on any atom is 0.253 e.